The molecule has 1 saturated carbocycles. The van der Waals surface area contributed by atoms with E-state index in [2.05, 4.69) is 11.9 Å². The van der Waals surface area contributed by atoms with Gasteiger partial charge in [-0.15, -0.1) is 0 Å². The maximum atomic E-state index is 5.52. The standard InChI is InChI=1S/C9H18N2/c1-3-9(11-7(2)10)6-8-4-5-8/h8-9H,3-6H2,1-2H3,(H2,10,11). The van der Waals surface area contributed by atoms with Gasteiger partial charge in [0.05, 0.1) is 11.9 Å². The highest BCUT2D eigenvalue weighted by Crippen LogP contribution is 2.34. The van der Waals surface area contributed by atoms with Crippen molar-refractivity contribution in [1.82, 2.24) is 0 Å². The summed E-state index contributed by atoms with van der Waals surface area (Å²) in [6.07, 6.45) is 5.21. The van der Waals surface area contributed by atoms with Gasteiger partial charge in [-0.3, -0.25) is 4.99 Å². The fourth-order valence-electron chi connectivity index (χ4n) is 1.34. The molecule has 1 fully saturated rings. The first-order chi connectivity index (χ1) is 5.22. The second-order valence-corrected chi connectivity index (χ2v) is 3.51. The number of aliphatic imine (C=N–C) groups is 1. The highest BCUT2D eigenvalue weighted by atomic mass is 14.9. The molecule has 0 bridgehead atoms. The molecule has 1 aliphatic rings. The molecule has 0 radical (unpaired) electrons. The van der Waals surface area contributed by atoms with Gasteiger partial charge in [0.15, 0.2) is 0 Å². The Kier molecular flexibility index (Phi) is 2.92. The number of nitrogens with zero attached hydrogens (tertiary/aromatic N) is 1. The highest BCUT2D eigenvalue weighted by Gasteiger charge is 2.24. The minimum atomic E-state index is 0.493. The van der Waals surface area contributed by atoms with E-state index in [0.29, 0.717) is 6.04 Å². The Morgan fingerprint density at radius 1 is 1.64 bits per heavy atom. The molecule has 0 saturated heterocycles. The Morgan fingerprint density at radius 3 is 2.64 bits per heavy atom. The quantitative estimate of drug-likeness (QED) is 0.487. The molecule has 0 aliphatic heterocycles. The fraction of sp³-hybridized carbons (Fsp3) is 0.889. The van der Waals surface area contributed by atoms with Gasteiger partial charge < -0.3 is 5.73 Å². The minimum absolute atomic E-state index is 0.493. The van der Waals surface area contributed by atoms with E-state index in [1.165, 1.54) is 19.3 Å². The van der Waals surface area contributed by atoms with Crippen LogP contribution in [0, 0.1) is 5.92 Å². The zero-order valence-corrected chi connectivity index (χ0v) is 7.51. The van der Waals surface area contributed by atoms with Crippen LogP contribution in [0.4, 0.5) is 0 Å². The maximum Gasteiger partial charge on any atom is 0.0909 e. The molecule has 1 unspecified atom stereocenters. The molecule has 2 nitrogen and oxygen atoms in total. The first-order valence-electron chi connectivity index (χ1n) is 4.52. The van der Waals surface area contributed by atoms with Crippen molar-refractivity contribution in [3.63, 3.8) is 0 Å². The Hall–Kier alpha value is -0.530. The lowest BCUT2D eigenvalue weighted by Gasteiger charge is -2.08. The topological polar surface area (TPSA) is 38.4 Å². The summed E-state index contributed by atoms with van der Waals surface area (Å²) in [6.45, 7) is 4.05. The number of amidine groups is 1. The molecule has 1 aliphatic carbocycles. The lowest BCUT2D eigenvalue weighted by Crippen LogP contribution is -2.13. The zero-order valence-electron chi connectivity index (χ0n) is 7.51. The van der Waals surface area contributed by atoms with E-state index in [0.717, 1.165) is 18.2 Å². The Labute approximate surface area is 68.9 Å². The van der Waals surface area contributed by atoms with Gasteiger partial charge in [0.1, 0.15) is 0 Å². The van der Waals surface area contributed by atoms with E-state index in [1.54, 1.807) is 0 Å². The molecule has 11 heavy (non-hydrogen) atoms. The smallest absolute Gasteiger partial charge is 0.0909 e. The van der Waals surface area contributed by atoms with Crippen molar-refractivity contribution in [2.24, 2.45) is 16.6 Å². The normalized spacial score (nSPS) is 21.8. The van der Waals surface area contributed by atoms with Gasteiger partial charge >= 0.3 is 0 Å². The minimum Gasteiger partial charge on any atom is -0.388 e. The lowest BCUT2D eigenvalue weighted by molar-refractivity contribution is 0.557. The predicted molar refractivity (Wildman–Crippen MR) is 48.7 cm³/mol. The monoisotopic (exact) mass is 154 g/mol. The Bertz CT molecular complexity index is 144. The van der Waals surface area contributed by atoms with Crippen molar-refractivity contribution in [3.8, 4) is 0 Å². The van der Waals surface area contributed by atoms with E-state index in [1.807, 2.05) is 6.92 Å². The molecule has 1 atom stereocenters. The third-order valence-electron chi connectivity index (χ3n) is 2.16. The van der Waals surface area contributed by atoms with Crippen LogP contribution in [0.25, 0.3) is 0 Å². The number of hydrogen-bond acceptors (Lipinski definition) is 1. The third kappa shape index (κ3) is 3.40. The molecule has 2 heteroatoms. The second-order valence-electron chi connectivity index (χ2n) is 3.51. The van der Waals surface area contributed by atoms with Gasteiger partial charge in [0.25, 0.3) is 0 Å². The van der Waals surface area contributed by atoms with Crippen LogP contribution in [0.1, 0.15) is 39.5 Å². The number of hydrogen-bond donors (Lipinski definition) is 1. The van der Waals surface area contributed by atoms with Crippen LogP contribution in [-0.2, 0) is 0 Å². The van der Waals surface area contributed by atoms with Crippen molar-refractivity contribution in [2.45, 2.75) is 45.6 Å². The van der Waals surface area contributed by atoms with E-state index in [-0.39, 0.29) is 0 Å². The van der Waals surface area contributed by atoms with E-state index < -0.39 is 0 Å². The van der Waals surface area contributed by atoms with Gasteiger partial charge in [-0.1, -0.05) is 19.8 Å². The van der Waals surface area contributed by atoms with Crippen LogP contribution in [0.2, 0.25) is 0 Å². The van der Waals surface area contributed by atoms with Crippen molar-refractivity contribution in [3.05, 3.63) is 0 Å². The molecule has 0 aromatic heterocycles. The van der Waals surface area contributed by atoms with Crippen LogP contribution >= 0.6 is 0 Å². The van der Waals surface area contributed by atoms with E-state index >= 15 is 0 Å². The summed E-state index contributed by atoms with van der Waals surface area (Å²) in [4.78, 5) is 4.37. The summed E-state index contributed by atoms with van der Waals surface area (Å²) in [5.74, 6) is 1.69. The van der Waals surface area contributed by atoms with Crippen molar-refractivity contribution in [1.29, 1.82) is 0 Å². The highest BCUT2D eigenvalue weighted by molar-refractivity contribution is 5.77. The largest absolute Gasteiger partial charge is 0.388 e. The van der Waals surface area contributed by atoms with Gasteiger partial charge in [-0.2, -0.15) is 0 Å². The maximum absolute atomic E-state index is 5.52. The summed E-state index contributed by atoms with van der Waals surface area (Å²) in [5.41, 5.74) is 5.52. The molecule has 2 N–H and O–H groups in total. The summed E-state index contributed by atoms with van der Waals surface area (Å²) >= 11 is 0. The van der Waals surface area contributed by atoms with Gasteiger partial charge in [0, 0.05) is 0 Å². The van der Waals surface area contributed by atoms with Crippen molar-refractivity contribution < 1.29 is 0 Å². The van der Waals surface area contributed by atoms with Crippen LogP contribution in [0.15, 0.2) is 4.99 Å². The fourth-order valence-corrected chi connectivity index (χ4v) is 1.34. The summed E-state index contributed by atoms with van der Waals surface area (Å²) < 4.78 is 0. The predicted octanol–water partition coefficient (Wildman–Crippen LogP) is 1.94. The SMILES string of the molecule is CCC(CC1CC1)N=C(C)N. The summed E-state index contributed by atoms with van der Waals surface area (Å²) in [5, 5.41) is 0. The lowest BCUT2D eigenvalue weighted by atomic mass is 10.1. The second kappa shape index (κ2) is 3.74. The average molecular weight is 154 g/mol. The van der Waals surface area contributed by atoms with Crippen LogP contribution in [-0.4, -0.2) is 11.9 Å². The molecule has 0 spiro atoms. The number of rotatable bonds is 4. The van der Waals surface area contributed by atoms with E-state index in [4.69, 9.17) is 5.73 Å². The van der Waals surface area contributed by atoms with Crippen molar-refractivity contribution in [2.75, 3.05) is 0 Å². The molecule has 0 amide bonds. The Morgan fingerprint density at radius 2 is 2.27 bits per heavy atom. The van der Waals surface area contributed by atoms with Gasteiger partial charge in [-0.25, -0.2) is 0 Å². The van der Waals surface area contributed by atoms with Crippen molar-refractivity contribution >= 4 is 5.84 Å². The third-order valence-corrected chi connectivity index (χ3v) is 2.16. The molecule has 0 aromatic carbocycles. The van der Waals surface area contributed by atoms with E-state index in [9.17, 15) is 0 Å². The summed E-state index contributed by atoms with van der Waals surface area (Å²) in [7, 11) is 0. The summed E-state index contributed by atoms with van der Waals surface area (Å²) in [6, 6.07) is 0.493. The van der Waals surface area contributed by atoms with Crippen LogP contribution in [0.3, 0.4) is 0 Å². The van der Waals surface area contributed by atoms with Crippen LogP contribution in [0.5, 0.6) is 0 Å². The molecule has 0 heterocycles. The first-order valence-corrected chi connectivity index (χ1v) is 4.52. The molecular weight excluding hydrogens is 136 g/mol. The van der Waals surface area contributed by atoms with Crippen LogP contribution < -0.4 is 5.73 Å². The number of nitrogens with two attached hydrogens (primary N) is 1. The molecular formula is C9H18N2. The molecule has 0 aromatic rings. The molecule has 64 valence electrons. The average Bonchev–Trinajstić information content (AvgIpc) is 2.69. The molecule has 1 rings (SSSR count). The zero-order chi connectivity index (χ0) is 8.27. The Balaban J connectivity index is 2.28. The van der Waals surface area contributed by atoms with Gasteiger partial charge in [-0.05, 0) is 25.7 Å². The first kappa shape index (κ1) is 8.57. The van der Waals surface area contributed by atoms with Gasteiger partial charge in [0.2, 0.25) is 0 Å².